The fraction of sp³-hybridized carbons (Fsp3) is 0.692. The predicted octanol–water partition coefficient (Wildman–Crippen LogP) is 1.95. The van der Waals surface area contributed by atoms with Crippen molar-refractivity contribution in [3.05, 3.63) is 16.1 Å². The van der Waals surface area contributed by atoms with Crippen LogP contribution in [0.1, 0.15) is 48.1 Å². The van der Waals surface area contributed by atoms with E-state index in [2.05, 4.69) is 17.2 Å². The number of hydrogen-bond acceptors (Lipinski definition) is 4. The van der Waals surface area contributed by atoms with Gasteiger partial charge in [0.2, 0.25) is 0 Å². The maximum Gasteiger partial charge on any atom is 0.270 e. The number of thiazole rings is 1. The lowest BCUT2D eigenvalue weighted by atomic mass is 9.86. The molecule has 0 radical (unpaired) electrons. The third-order valence-corrected chi connectivity index (χ3v) is 4.48. The second-order valence-corrected chi connectivity index (χ2v) is 5.95. The Bertz CT molecular complexity index is 405. The van der Waals surface area contributed by atoms with Crippen molar-refractivity contribution in [3.63, 3.8) is 0 Å². The third kappa shape index (κ3) is 3.29. The van der Waals surface area contributed by atoms with Gasteiger partial charge in [-0.15, -0.1) is 11.3 Å². The molecule has 2 atom stereocenters. The van der Waals surface area contributed by atoms with Crippen molar-refractivity contribution in [3.8, 4) is 0 Å². The molecule has 4 nitrogen and oxygen atoms in total. The van der Waals surface area contributed by atoms with Crippen LogP contribution in [-0.4, -0.2) is 23.5 Å². The van der Waals surface area contributed by atoms with Crippen LogP contribution < -0.4 is 11.1 Å². The zero-order valence-electron chi connectivity index (χ0n) is 10.8. The molecule has 18 heavy (non-hydrogen) atoms. The zero-order valence-corrected chi connectivity index (χ0v) is 11.6. The van der Waals surface area contributed by atoms with Crippen LogP contribution in [0.5, 0.6) is 0 Å². The average Bonchev–Trinajstić information content (AvgIpc) is 2.81. The van der Waals surface area contributed by atoms with E-state index in [1.165, 1.54) is 30.6 Å². The number of amides is 1. The molecule has 1 heterocycles. The summed E-state index contributed by atoms with van der Waals surface area (Å²) in [5, 5.41) is 5.89. The molecule has 1 saturated carbocycles. The number of carbonyl (C=O) groups is 1. The van der Waals surface area contributed by atoms with Gasteiger partial charge in [-0.05, 0) is 25.3 Å². The molecule has 0 bridgehead atoms. The van der Waals surface area contributed by atoms with Gasteiger partial charge in [-0.3, -0.25) is 4.79 Å². The number of nitrogens with zero attached hydrogens (tertiary/aromatic N) is 1. The predicted molar refractivity (Wildman–Crippen MR) is 73.8 cm³/mol. The SMILES string of the molecule is CC1CCCCC1NC(=O)c1csc(CCN)n1. The van der Waals surface area contributed by atoms with Crippen LogP contribution in [0, 0.1) is 5.92 Å². The molecule has 1 aliphatic carbocycles. The minimum Gasteiger partial charge on any atom is -0.348 e. The topological polar surface area (TPSA) is 68.0 Å². The van der Waals surface area contributed by atoms with Gasteiger partial charge < -0.3 is 11.1 Å². The molecular formula is C13H21N3OS. The Morgan fingerprint density at radius 3 is 3.06 bits per heavy atom. The van der Waals surface area contributed by atoms with E-state index < -0.39 is 0 Å². The van der Waals surface area contributed by atoms with Gasteiger partial charge in [0.1, 0.15) is 5.69 Å². The summed E-state index contributed by atoms with van der Waals surface area (Å²) < 4.78 is 0. The van der Waals surface area contributed by atoms with Crippen molar-refractivity contribution in [2.45, 2.75) is 45.1 Å². The minimum absolute atomic E-state index is 0.0340. The Morgan fingerprint density at radius 2 is 2.33 bits per heavy atom. The fourth-order valence-electron chi connectivity index (χ4n) is 2.43. The van der Waals surface area contributed by atoms with Crippen molar-refractivity contribution < 1.29 is 4.79 Å². The van der Waals surface area contributed by atoms with Crippen molar-refractivity contribution in [1.29, 1.82) is 0 Å². The maximum atomic E-state index is 12.1. The zero-order chi connectivity index (χ0) is 13.0. The van der Waals surface area contributed by atoms with E-state index in [0.717, 1.165) is 17.8 Å². The highest BCUT2D eigenvalue weighted by Crippen LogP contribution is 2.24. The molecule has 1 aliphatic rings. The van der Waals surface area contributed by atoms with Crippen LogP contribution >= 0.6 is 11.3 Å². The summed E-state index contributed by atoms with van der Waals surface area (Å²) in [5.41, 5.74) is 6.02. The molecule has 1 aromatic heterocycles. The van der Waals surface area contributed by atoms with Crippen LogP contribution in [-0.2, 0) is 6.42 Å². The molecule has 0 aliphatic heterocycles. The summed E-state index contributed by atoms with van der Waals surface area (Å²) in [7, 11) is 0. The number of carbonyl (C=O) groups excluding carboxylic acids is 1. The lowest BCUT2D eigenvalue weighted by Gasteiger charge is -2.29. The first kappa shape index (κ1) is 13.5. The smallest absolute Gasteiger partial charge is 0.270 e. The van der Waals surface area contributed by atoms with Gasteiger partial charge in [-0.25, -0.2) is 4.98 Å². The maximum absolute atomic E-state index is 12.1. The van der Waals surface area contributed by atoms with Crippen LogP contribution in [0.4, 0.5) is 0 Å². The summed E-state index contributed by atoms with van der Waals surface area (Å²) in [6, 6.07) is 0.311. The fourth-order valence-corrected chi connectivity index (χ4v) is 3.22. The monoisotopic (exact) mass is 267 g/mol. The number of hydrogen-bond donors (Lipinski definition) is 2. The standard InChI is InChI=1S/C13H21N3OS/c1-9-4-2-3-5-10(9)16-13(17)11-8-18-12(15-11)6-7-14/h8-10H,2-7,14H2,1H3,(H,16,17). The van der Waals surface area contributed by atoms with Crippen LogP contribution in [0.15, 0.2) is 5.38 Å². The summed E-state index contributed by atoms with van der Waals surface area (Å²) in [4.78, 5) is 16.4. The number of aromatic nitrogens is 1. The first-order chi connectivity index (χ1) is 8.70. The normalized spacial score (nSPS) is 23.9. The Morgan fingerprint density at radius 1 is 1.56 bits per heavy atom. The van der Waals surface area contributed by atoms with Crippen molar-refractivity contribution >= 4 is 17.2 Å². The van der Waals surface area contributed by atoms with E-state index in [1.54, 1.807) is 0 Å². The molecule has 3 N–H and O–H groups in total. The van der Waals surface area contributed by atoms with Crippen molar-refractivity contribution in [2.75, 3.05) is 6.54 Å². The Labute approximate surface area is 112 Å². The second-order valence-electron chi connectivity index (χ2n) is 5.01. The number of nitrogens with one attached hydrogen (secondary N) is 1. The molecule has 0 spiro atoms. The number of rotatable bonds is 4. The highest BCUT2D eigenvalue weighted by molar-refractivity contribution is 7.09. The Kier molecular flexibility index (Phi) is 4.72. The Balaban J connectivity index is 1.93. The lowest BCUT2D eigenvalue weighted by Crippen LogP contribution is -2.41. The molecule has 100 valence electrons. The van der Waals surface area contributed by atoms with E-state index in [0.29, 0.717) is 24.2 Å². The highest BCUT2D eigenvalue weighted by Gasteiger charge is 2.23. The van der Waals surface area contributed by atoms with Crippen molar-refractivity contribution in [1.82, 2.24) is 10.3 Å². The quantitative estimate of drug-likeness (QED) is 0.876. The van der Waals surface area contributed by atoms with E-state index in [-0.39, 0.29) is 5.91 Å². The summed E-state index contributed by atoms with van der Waals surface area (Å²) in [6.07, 6.45) is 5.54. The van der Waals surface area contributed by atoms with Gasteiger partial charge in [-0.2, -0.15) is 0 Å². The summed E-state index contributed by atoms with van der Waals surface area (Å²) in [6.45, 7) is 2.79. The first-order valence-corrected chi connectivity index (χ1v) is 7.54. The third-order valence-electron chi connectivity index (χ3n) is 3.57. The molecule has 2 unspecified atom stereocenters. The van der Waals surface area contributed by atoms with E-state index in [1.807, 2.05) is 5.38 Å². The van der Waals surface area contributed by atoms with Crippen LogP contribution in [0.25, 0.3) is 0 Å². The van der Waals surface area contributed by atoms with Crippen LogP contribution in [0.3, 0.4) is 0 Å². The lowest BCUT2D eigenvalue weighted by molar-refractivity contribution is 0.0905. The first-order valence-electron chi connectivity index (χ1n) is 6.66. The van der Waals surface area contributed by atoms with Gasteiger partial charge in [-0.1, -0.05) is 19.8 Å². The van der Waals surface area contributed by atoms with Gasteiger partial charge >= 0.3 is 0 Å². The van der Waals surface area contributed by atoms with Gasteiger partial charge in [0, 0.05) is 17.8 Å². The molecule has 1 amide bonds. The molecule has 1 fully saturated rings. The van der Waals surface area contributed by atoms with E-state index in [4.69, 9.17) is 5.73 Å². The molecule has 2 rings (SSSR count). The van der Waals surface area contributed by atoms with Gasteiger partial charge in [0.15, 0.2) is 0 Å². The molecule has 0 aromatic carbocycles. The number of nitrogens with two attached hydrogens (primary N) is 1. The van der Waals surface area contributed by atoms with Gasteiger partial charge in [0.25, 0.3) is 5.91 Å². The highest BCUT2D eigenvalue weighted by atomic mass is 32.1. The Hall–Kier alpha value is -0.940. The summed E-state index contributed by atoms with van der Waals surface area (Å²) >= 11 is 1.51. The summed E-state index contributed by atoms with van der Waals surface area (Å²) in [5.74, 6) is 0.540. The van der Waals surface area contributed by atoms with Crippen molar-refractivity contribution in [2.24, 2.45) is 11.7 Å². The van der Waals surface area contributed by atoms with Gasteiger partial charge in [0.05, 0.1) is 5.01 Å². The van der Waals surface area contributed by atoms with E-state index >= 15 is 0 Å². The van der Waals surface area contributed by atoms with Crippen LogP contribution in [0.2, 0.25) is 0 Å². The largest absolute Gasteiger partial charge is 0.348 e. The minimum atomic E-state index is -0.0340. The average molecular weight is 267 g/mol. The van der Waals surface area contributed by atoms with E-state index in [9.17, 15) is 4.79 Å². The molecule has 1 aromatic rings. The molecule has 0 saturated heterocycles. The molecular weight excluding hydrogens is 246 g/mol. The second kappa shape index (κ2) is 6.29. The molecule has 5 heteroatoms.